The van der Waals surface area contributed by atoms with Gasteiger partial charge in [0, 0.05) is 31.5 Å². The van der Waals surface area contributed by atoms with Crippen molar-refractivity contribution in [2.45, 2.75) is 38.1 Å². The summed E-state index contributed by atoms with van der Waals surface area (Å²) in [6, 6.07) is 14.0. The number of rotatable bonds is 6. The SMILES string of the molecule is Cc1cc(C)cc(NC(=S)NC2COC3C2OCC3n2nnnc2Oc2cccc(N(C)C)c2)c1. The van der Waals surface area contributed by atoms with Gasteiger partial charge in [-0.25, -0.2) is 0 Å². The van der Waals surface area contributed by atoms with Crippen LogP contribution in [0.3, 0.4) is 0 Å². The van der Waals surface area contributed by atoms with Gasteiger partial charge >= 0.3 is 6.01 Å². The van der Waals surface area contributed by atoms with Gasteiger partial charge in [0.1, 0.15) is 24.0 Å². The molecule has 0 radical (unpaired) electrons. The van der Waals surface area contributed by atoms with Crippen LogP contribution in [-0.2, 0) is 9.47 Å². The number of hydrogen-bond acceptors (Lipinski definition) is 8. The van der Waals surface area contributed by atoms with Gasteiger partial charge in [0.05, 0.1) is 19.3 Å². The summed E-state index contributed by atoms with van der Waals surface area (Å²) in [7, 11) is 3.95. The second-order valence-corrected chi connectivity index (χ2v) is 9.55. The average Bonchev–Trinajstić information content (AvgIpc) is 3.51. The van der Waals surface area contributed by atoms with Crippen molar-refractivity contribution in [3.63, 3.8) is 0 Å². The number of fused-ring (bicyclic) bond motifs is 1. The zero-order chi connectivity index (χ0) is 24.5. The molecule has 3 aromatic rings. The Kier molecular flexibility index (Phi) is 6.54. The van der Waals surface area contributed by atoms with Gasteiger partial charge in [-0.3, -0.25) is 0 Å². The van der Waals surface area contributed by atoms with Crippen molar-refractivity contribution in [3.05, 3.63) is 53.6 Å². The number of benzene rings is 2. The summed E-state index contributed by atoms with van der Waals surface area (Å²) in [4.78, 5) is 2.00. The summed E-state index contributed by atoms with van der Waals surface area (Å²) in [6.45, 7) is 4.99. The van der Waals surface area contributed by atoms with Crippen LogP contribution < -0.4 is 20.3 Å². The van der Waals surface area contributed by atoms with Gasteiger partial charge in [0.25, 0.3) is 0 Å². The van der Waals surface area contributed by atoms with Crippen molar-refractivity contribution in [3.8, 4) is 11.8 Å². The Labute approximate surface area is 209 Å². The van der Waals surface area contributed by atoms with E-state index in [0.717, 1.165) is 11.4 Å². The fourth-order valence-electron chi connectivity index (χ4n) is 4.59. The molecule has 0 bridgehead atoms. The number of hydrogen-bond donors (Lipinski definition) is 2. The minimum atomic E-state index is -0.226. The van der Waals surface area contributed by atoms with E-state index >= 15 is 0 Å². The van der Waals surface area contributed by atoms with E-state index in [4.69, 9.17) is 26.4 Å². The van der Waals surface area contributed by atoms with E-state index in [1.807, 2.05) is 43.3 Å². The molecule has 4 unspecified atom stereocenters. The van der Waals surface area contributed by atoms with E-state index in [1.165, 1.54) is 11.1 Å². The molecule has 184 valence electrons. The second kappa shape index (κ2) is 9.76. The highest BCUT2D eigenvalue weighted by Crippen LogP contribution is 2.36. The highest BCUT2D eigenvalue weighted by molar-refractivity contribution is 7.80. The lowest BCUT2D eigenvalue weighted by atomic mass is 10.1. The number of ether oxygens (including phenoxy) is 3. The molecule has 2 aromatic carbocycles. The predicted octanol–water partition coefficient (Wildman–Crippen LogP) is 2.84. The summed E-state index contributed by atoms with van der Waals surface area (Å²) in [6.07, 6.45) is -0.413. The molecular weight excluding hydrogens is 466 g/mol. The van der Waals surface area contributed by atoms with Gasteiger partial charge in [-0.05, 0) is 71.9 Å². The first kappa shape index (κ1) is 23.5. The van der Waals surface area contributed by atoms with Crippen LogP contribution in [0, 0.1) is 13.8 Å². The third-order valence-electron chi connectivity index (χ3n) is 6.14. The number of anilines is 2. The number of aromatic nitrogens is 4. The maximum absolute atomic E-state index is 6.12. The van der Waals surface area contributed by atoms with Gasteiger partial charge < -0.3 is 29.7 Å². The Morgan fingerprint density at radius 2 is 1.86 bits per heavy atom. The zero-order valence-corrected chi connectivity index (χ0v) is 21.0. The Hall–Kier alpha value is -3.28. The number of nitrogens with one attached hydrogen (secondary N) is 2. The molecule has 10 nitrogen and oxygen atoms in total. The van der Waals surface area contributed by atoms with Crippen LogP contribution in [0.2, 0.25) is 0 Å². The van der Waals surface area contributed by atoms with E-state index in [-0.39, 0.29) is 24.3 Å². The third kappa shape index (κ3) is 5.07. The van der Waals surface area contributed by atoms with Crippen LogP contribution in [0.1, 0.15) is 17.2 Å². The molecule has 0 amide bonds. The predicted molar refractivity (Wildman–Crippen MR) is 136 cm³/mol. The zero-order valence-electron chi connectivity index (χ0n) is 20.1. The molecular formula is C24H29N7O3S. The van der Waals surface area contributed by atoms with E-state index in [9.17, 15) is 0 Å². The lowest BCUT2D eigenvalue weighted by Crippen LogP contribution is -2.45. The van der Waals surface area contributed by atoms with E-state index < -0.39 is 0 Å². The fraction of sp³-hybridized carbons (Fsp3) is 0.417. The van der Waals surface area contributed by atoms with Crippen molar-refractivity contribution in [2.24, 2.45) is 0 Å². The highest BCUT2D eigenvalue weighted by Gasteiger charge is 2.50. The van der Waals surface area contributed by atoms with Gasteiger partial charge in [0.15, 0.2) is 5.11 Å². The molecule has 2 fully saturated rings. The molecule has 0 spiro atoms. The van der Waals surface area contributed by atoms with Crippen molar-refractivity contribution in [1.82, 2.24) is 25.5 Å². The molecule has 2 N–H and O–H groups in total. The van der Waals surface area contributed by atoms with Crippen molar-refractivity contribution < 1.29 is 14.2 Å². The summed E-state index contributed by atoms with van der Waals surface area (Å²) >= 11 is 5.56. The van der Waals surface area contributed by atoms with Crippen LogP contribution in [0.15, 0.2) is 42.5 Å². The summed E-state index contributed by atoms with van der Waals surface area (Å²) < 4.78 is 19.9. The first-order valence-electron chi connectivity index (χ1n) is 11.5. The van der Waals surface area contributed by atoms with Crippen molar-refractivity contribution in [1.29, 1.82) is 0 Å². The quantitative estimate of drug-likeness (QED) is 0.497. The van der Waals surface area contributed by atoms with E-state index in [1.54, 1.807) is 4.68 Å². The lowest BCUT2D eigenvalue weighted by Gasteiger charge is -2.20. The largest absolute Gasteiger partial charge is 0.423 e. The number of aryl methyl sites for hydroxylation is 2. The number of nitrogens with zero attached hydrogens (tertiary/aromatic N) is 5. The standard InChI is InChI=1S/C24H29N7O3S/c1-14-8-15(2)10-16(9-14)25-23(35)26-19-12-32-22-20(13-33-21(19)22)31-24(27-28-29-31)34-18-7-5-6-17(11-18)30(3)4/h5-11,19-22H,12-13H2,1-4H3,(H2,25,26,35). The topological polar surface area (TPSA) is 98.6 Å². The van der Waals surface area contributed by atoms with Crippen LogP contribution >= 0.6 is 12.2 Å². The van der Waals surface area contributed by atoms with Crippen LogP contribution in [-0.4, -0.2) is 70.9 Å². The fourth-order valence-corrected chi connectivity index (χ4v) is 4.86. The van der Waals surface area contributed by atoms with E-state index in [2.05, 4.69) is 58.2 Å². The lowest BCUT2D eigenvalue weighted by molar-refractivity contribution is 0.0615. The second-order valence-electron chi connectivity index (χ2n) is 9.14. The summed E-state index contributed by atoms with van der Waals surface area (Å²) in [5.41, 5.74) is 4.32. The molecule has 4 atom stereocenters. The van der Waals surface area contributed by atoms with Gasteiger partial charge in [-0.15, -0.1) is 0 Å². The van der Waals surface area contributed by atoms with Crippen LogP contribution in [0.5, 0.6) is 11.8 Å². The minimum Gasteiger partial charge on any atom is -0.423 e. The van der Waals surface area contributed by atoms with Crippen LogP contribution in [0.4, 0.5) is 11.4 Å². The smallest absolute Gasteiger partial charge is 0.341 e. The Balaban J connectivity index is 1.24. The van der Waals surface area contributed by atoms with Crippen molar-refractivity contribution >= 4 is 28.7 Å². The minimum absolute atomic E-state index is 0.0893. The number of tetrazole rings is 1. The third-order valence-corrected chi connectivity index (χ3v) is 6.36. The molecule has 2 aliphatic heterocycles. The monoisotopic (exact) mass is 495 g/mol. The Morgan fingerprint density at radius 3 is 2.63 bits per heavy atom. The summed E-state index contributed by atoms with van der Waals surface area (Å²) in [5, 5.41) is 19.2. The van der Waals surface area contributed by atoms with Gasteiger partial charge in [0.2, 0.25) is 0 Å². The Morgan fingerprint density at radius 1 is 1.09 bits per heavy atom. The Bertz CT molecular complexity index is 1200. The number of thiocarbonyl (C=S) groups is 1. The first-order chi connectivity index (χ1) is 16.9. The molecule has 2 aliphatic rings. The van der Waals surface area contributed by atoms with E-state index in [0.29, 0.717) is 30.1 Å². The van der Waals surface area contributed by atoms with Crippen molar-refractivity contribution in [2.75, 3.05) is 37.5 Å². The molecule has 11 heteroatoms. The normalized spacial score (nSPS) is 23.1. The highest BCUT2D eigenvalue weighted by atomic mass is 32.1. The average molecular weight is 496 g/mol. The first-order valence-corrected chi connectivity index (χ1v) is 11.9. The molecule has 2 saturated heterocycles. The van der Waals surface area contributed by atoms with Gasteiger partial charge in [-0.2, -0.15) is 4.68 Å². The molecule has 1 aromatic heterocycles. The maximum atomic E-state index is 6.12. The molecule has 5 rings (SSSR count). The van der Waals surface area contributed by atoms with Gasteiger partial charge in [-0.1, -0.05) is 17.2 Å². The molecule has 3 heterocycles. The maximum Gasteiger partial charge on any atom is 0.341 e. The van der Waals surface area contributed by atoms with Crippen LogP contribution in [0.25, 0.3) is 0 Å². The molecule has 35 heavy (non-hydrogen) atoms. The molecule has 0 saturated carbocycles. The molecule has 0 aliphatic carbocycles. The summed E-state index contributed by atoms with van der Waals surface area (Å²) in [5.74, 6) is 0.650.